The Labute approximate surface area is 221 Å². The number of nitrogens with zero attached hydrogens (tertiary/aromatic N) is 2. The molecule has 4 rings (SSSR count). The monoisotopic (exact) mass is 520 g/mol. The molecule has 1 aliphatic heterocycles. The van der Waals surface area contributed by atoms with E-state index >= 15 is 0 Å². The van der Waals surface area contributed by atoms with E-state index in [1.807, 2.05) is 12.1 Å². The van der Waals surface area contributed by atoms with E-state index in [4.69, 9.17) is 10.5 Å². The number of carbonyl (C=O) groups excluding carboxylic acids is 3. The average molecular weight is 521 g/mol. The lowest BCUT2D eigenvalue weighted by molar-refractivity contribution is -0.117. The predicted molar refractivity (Wildman–Crippen MR) is 145 cm³/mol. The molecule has 2 aromatic carbocycles. The van der Waals surface area contributed by atoms with Crippen LogP contribution in [-0.2, 0) is 9.53 Å². The summed E-state index contributed by atoms with van der Waals surface area (Å²) in [6.45, 7) is 6.76. The molecule has 9 heteroatoms. The number of primary amides is 1. The maximum Gasteiger partial charge on any atom is 0.341 e. The van der Waals surface area contributed by atoms with E-state index < -0.39 is 11.9 Å². The SMILES string of the molecule is CCOC(=O)c1c(NC(=O)CN2CCN(C(c3ccccc3)c3ccccc3)CC2)sc(C(N)=O)c1C. The van der Waals surface area contributed by atoms with Crippen molar-refractivity contribution in [1.29, 1.82) is 0 Å². The second kappa shape index (κ2) is 12.1. The minimum atomic E-state index is -0.643. The van der Waals surface area contributed by atoms with Crippen molar-refractivity contribution in [1.82, 2.24) is 9.80 Å². The number of anilines is 1. The molecule has 0 aliphatic carbocycles. The molecule has 0 bridgehead atoms. The van der Waals surface area contributed by atoms with Crippen molar-refractivity contribution >= 4 is 34.1 Å². The number of hydrogen-bond donors (Lipinski definition) is 2. The molecule has 3 aromatic rings. The molecule has 194 valence electrons. The highest BCUT2D eigenvalue weighted by molar-refractivity contribution is 7.18. The summed E-state index contributed by atoms with van der Waals surface area (Å²) in [7, 11) is 0. The van der Waals surface area contributed by atoms with Crippen LogP contribution in [0.2, 0.25) is 0 Å². The van der Waals surface area contributed by atoms with Crippen molar-refractivity contribution in [2.45, 2.75) is 19.9 Å². The third-order valence-electron chi connectivity index (χ3n) is 6.47. The van der Waals surface area contributed by atoms with Crippen LogP contribution in [-0.4, -0.2) is 66.9 Å². The molecule has 1 aliphatic rings. The lowest BCUT2D eigenvalue weighted by Gasteiger charge is -2.39. The van der Waals surface area contributed by atoms with Crippen LogP contribution in [0, 0.1) is 6.92 Å². The largest absolute Gasteiger partial charge is 0.462 e. The van der Waals surface area contributed by atoms with Gasteiger partial charge in [-0.15, -0.1) is 11.3 Å². The third kappa shape index (κ3) is 6.25. The van der Waals surface area contributed by atoms with Crippen LogP contribution in [0.15, 0.2) is 60.7 Å². The van der Waals surface area contributed by atoms with Crippen LogP contribution in [0.25, 0.3) is 0 Å². The summed E-state index contributed by atoms with van der Waals surface area (Å²) in [4.78, 5) is 42.0. The topological polar surface area (TPSA) is 105 Å². The molecular formula is C28H32N4O4S. The highest BCUT2D eigenvalue weighted by atomic mass is 32.1. The van der Waals surface area contributed by atoms with Gasteiger partial charge in [0.1, 0.15) is 5.00 Å². The standard InChI is InChI=1S/C28H32N4O4S/c1-3-36-28(35)23-19(2)25(26(29)34)37-27(23)30-22(33)18-31-14-16-32(17-15-31)24(20-10-6-4-7-11-20)21-12-8-5-9-13-21/h4-13,24H,3,14-18H2,1-2H3,(H2,29,34)(H,30,33). The van der Waals surface area contributed by atoms with Crippen molar-refractivity contribution in [3.05, 3.63) is 87.8 Å². The molecule has 0 spiro atoms. The number of piperazine rings is 1. The summed E-state index contributed by atoms with van der Waals surface area (Å²) in [6, 6.07) is 21.1. The Balaban J connectivity index is 1.42. The number of benzene rings is 2. The molecule has 0 atom stereocenters. The smallest absolute Gasteiger partial charge is 0.341 e. The minimum absolute atomic E-state index is 0.145. The first-order chi connectivity index (χ1) is 17.9. The Morgan fingerprint density at radius 1 is 0.973 bits per heavy atom. The number of hydrogen-bond acceptors (Lipinski definition) is 7. The maximum absolute atomic E-state index is 12.9. The Hall–Kier alpha value is -3.53. The Bertz CT molecular complexity index is 1200. The van der Waals surface area contributed by atoms with Gasteiger partial charge in [-0.3, -0.25) is 19.4 Å². The molecule has 2 amide bonds. The van der Waals surface area contributed by atoms with E-state index in [1.165, 1.54) is 11.1 Å². The van der Waals surface area contributed by atoms with E-state index in [9.17, 15) is 14.4 Å². The van der Waals surface area contributed by atoms with Crippen molar-refractivity contribution in [2.75, 3.05) is 44.6 Å². The quantitative estimate of drug-likeness (QED) is 0.417. The van der Waals surface area contributed by atoms with Gasteiger partial charge in [-0.2, -0.15) is 0 Å². The molecule has 0 radical (unpaired) electrons. The number of esters is 1. The molecule has 0 saturated carbocycles. The van der Waals surface area contributed by atoms with Gasteiger partial charge in [0.15, 0.2) is 0 Å². The summed E-state index contributed by atoms with van der Waals surface area (Å²) in [5, 5.41) is 3.11. The van der Waals surface area contributed by atoms with Gasteiger partial charge < -0.3 is 15.8 Å². The zero-order valence-corrected chi connectivity index (χ0v) is 21.9. The number of carbonyl (C=O) groups is 3. The molecule has 0 unspecified atom stereocenters. The molecule has 1 aromatic heterocycles. The van der Waals surface area contributed by atoms with Crippen LogP contribution < -0.4 is 11.1 Å². The van der Waals surface area contributed by atoms with Gasteiger partial charge in [0.05, 0.1) is 29.6 Å². The van der Waals surface area contributed by atoms with Gasteiger partial charge >= 0.3 is 5.97 Å². The van der Waals surface area contributed by atoms with Crippen molar-refractivity contribution in [3.63, 3.8) is 0 Å². The van der Waals surface area contributed by atoms with Gasteiger partial charge in [-0.1, -0.05) is 60.7 Å². The van der Waals surface area contributed by atoms with Crippen LogP contribution in [0.4, 0.5) is 5.00 Å². The van der Waals surface area contributed by atoms with Gasteiger partial charge in [0, 0.05) is 26.2 Å². The lowest BCUT2D eigenvalue weighted by Crippen LogP contribution is -2.49. The number of nitrogens with two attached hydrogens (primary N) is 1. The molecule has 2 heterocycles. The fourth-order valence-corrected chi connectivity index (χ4v) is 5.78. The summed E-state index contributed by atoms with van der Waals surface area (Å²) in [6.07, 6.45) is 0. The summed E-state index contributed by atoms with van der Waals surface area (Å²) in [5.41, 5.74) is 8.56. The molecule has 1 saturated heterocycles. The lowest BCUT2D eigenvalue weighted by atomic mass is 9.96. The van der Waals surface area contributed by atoms with Gasteiger partial charge in [-0.25, -0.2) is 4.79 Å². The third-order valence-corrected chi connectivity index (χ3v) is 7.69. The Morgan fingerprint density at radius 3 is 2.05 bits per heavy atom. The maximum atomic E-state index is 12.9. The van der Waals surface area contributed by atoms with E-state index in [0.717, 1.165) is 37.5 Å². The number of nitrogens with one attached hydrogen (secondary N) is 1. The number of ether oxygens (including phenoxy) is 1. The van der Waals surface area contributed by atoms with Crippen LogP contribution >= 0.6 is 11.3 Å². The zero-order valence-electron chi connectivity index (χ0n) is 21.1. The number of thiophene rings is 1. The molecule has 3 N–H and O–H groups in total. The van der Waals surface area contributed by atoms with E-state index in [-0.39, 0.29) is 35.5 Å². The first kappa shape index (κ1) is 26.5. The first-order valence-corrected chi connectivity index (χ1v) is 13.2. The molecular weight excluding hydrogens is 488 g/mol. The Kier molecular flexibility index (Phi) is 8.70. The molecule has 1 fully saturated rings. The van der Waals surface area contributed by atoms with E-state index in [2.05, 4.69) is 63.6 Å². The zero-order chi connectivity index (χ0) is 26.4. The summed E-state index contributed by atoms with van der Waals surface area (Å²) >= 11 is 1.00. The van der Waals surface area contributed by atoms with E-state index in [1.54, 1.807) is 13.8 Å². The fourth-order valence-electron chi connectivity index (χ4n) is 4.72. The van der Waals surface area contributed by atoms with Crippen molar-refractivity contribution < 1.29 is 19.1 Å². The van der Waals surface area contributed by atoms with Gasteiger partial charge in [0.25, 0.3) is 5.91 Å². The highest BCUT2D eigenvalue weighted by Gasteiger charge is 2.29. The normalized spacial score (nSPS) is 14.5. The van der Waals surface area contributed by atoms with Gasteiger partial charge in [0.2, 0.25) is 5.91 Å². The van der Waals surface area contributed by atoms with Crippen LogP contribution in [0.1, 0.15) is 49.7 Å². The van der Waals surface area contributed by atoms with Crippen molar-refractivity contribution in [3.8, 4) is 0 Å². The van der Waals surface area contributed by atoms with Crippen LogP contribution in [0.3, 0.4) is 0 Å². The second-order valence-electron chi connectivity index (χ2n) is 8.93. The van der Waals surface area contributed by atoms with Gasteiger partial charge in [-0.05, 0) is 30.5 Å². The minimum Gasteiger partial charge on any atom is -0.462 e. The highest BCUT2D eigenvalue weighted by Crippen LogP contribution is 2.34. The second-order valence-corrected chi connectivity index (χ2v) is 9.95. The first-order valence-electron chi connectivity index (χ1n) is 12.4. The number of rotatable bonds is 9. The Morgan fingerprint density at radius 2 is 1.54 bits per heavy atom. The van der Waals surface area contributed by atoms with Crippen molar-refractivity contribution in [2.24, 2.45) is 5.73 Å². The van der Waals surface area contributed by atoms with Crippen LogP contribution in [0.5, 0.6) is 0 Å². The average Bonchev–Trinajstić information content (AvgIpc) is 3.22. The predicted octanol–water partition coefficient (Wildman–Crippen LogP) is 3.68. The summed E-state index contributed by atoms with van der Waals surface area (Å²) in [5.74, 6) is -1.48. The fraction of sp³-hybridized carbons (Fsp3) is 0.321. The summed E-state index contributed by atoms with van der Waals surface area (Å²) < 4.78 is 5.13. The molecule has 8 nitrogen and oxygen atoms in total. The van der Waals surface area contributed by atoms with E-state index in [0.29, 0.717) is 10.6 Å². The molecule has 37 heavy (non-hydrogen) atoms. The number of amides is 2.